The van der Waals surface area contributed by atoms with Gasteiger partial charge < -0.3 is 4.74 Å². The van der Waals surface area contributed by atoms with Gasteiger partial charge in [0.25, 0.3) is 0 Å². The molecule has 0 radical (unpaired) electrons. The van der Waals surface area contributed by atoms with Crippen LogP contribution in [0.4, 0.5) is 0 Å². The predicted octanol–water partition coefficient (Wildman–Crippen LogP) is 4.26. The zero-order valence-corrected chi connectivity index (χ0v) is 13.8. The number of ether oxygens (including phenoxy) is 1. The van der Waals surface area contributed by atoms with Crippen LogP contribution in [0.25, 0.3) is 0 Å². The van der Waals surface area contributed by atoms with Crippen molar-refractivity contribution in [2.24, 2.45) is 0 Å². The topological polar surface area (TPSA) is 35.0 Å². The third-order valence-electron chi connectivity index (χ3n) is 3.01. The van der Waals surface area contributed by atoms with E-state index in [0.717, 1.165) is 28.0 Å². The maximum Gasteiger partial charge on any atom is 0.140 e. The maximum absolute atomic E-state index is 6.21. The number of benzene rings is 1. The van der Waals surface area contributed by atoms with Gasteiger partial charge in [-0.15, -0.1) is 11.8 Å². The van der Waals surface area contributed by atoms with E-state index in [2.05, 4.69) is 32.0 Å². The van der Waals surface area contributed by atoms with Gasteiger partial charge in [-0.05, 0) is 28.1 Å². The summed E-state index contributed by atoms with van der Waals surface area (Å²) in [5.41, 5.74) is 1.96. The van der Waals surface area contributed by atoms with Crippen LogP contribution in [-0.4, -0.2) is 16.6 Å². The molecule has 0 atom stereocenters. The van der Waals surface area contributed by atoms with Crippen molar-refractivity contribution in [1.29, 1.82) is 0 Å². The summed E-state index contributed by atoms with van der Waals surface area (Å²) in [4.78, 5) is 10.2. The molecule has 0 spiro atoms. The molecule has 104 valence electrons. The van der Waals surface area contributed by atoms with E-state index in [1.54, 1.807) is 11.8 Å². The number of fused-ring (bicyclic) bond motifs is 1. The van der Waals surface area contributed by atoms with Gasteiger partial charge in [0.1, 0.15) is 11.0 Å². The Morgan fingerprint density at radius 3 is 3.00 bits per heavy atom. The van der Waals surface area contributed by atoms with E-state index in [1.165, 1.54) is 4.90 Å². The first-order valence-electron chi connectivity index (χ1n) is 6.23. The smallest absolute Gasteiger partial charge is 0.140 e. The van der Waals surface area contributed by atoms with Crippen molar-refractivity contribution in [3.63, 3.8) is 0 Å². The number of nitrogens with zero attached hydrogens (tertiary/aromatic N) is 2. The Balaban J connectivity index is 1.78. The minimum absolute atomic E-state index is 0.520. The SMILES string of the molecule is Clc1nc(CSc2ccccc2Br)nc2c1COCC2. The molecule has 0 saturated heterocycles. The molecule has 3 nitrogen and oxygen atoms in total. The van der Waals surface area contributed by atoms with Gasteiger partial charge >= 0.3 is 0 Å². The Morgan fingerprint density at radius 2 is 2.15 bits per heavy atom. The van der Waals surface area contributed by atoms with Gasteiger partial charge in [0.05, 0.1) is 24.7 Å². The maximum atomic E-state index is 6.21. The van der Waals surface area contributed by atoms with Crippen molar-refractivity contribution in [1.82, 2.24) is 9.97 Å². The molecule has 0 bridgehead atoms. The van der Waals surface area contributed by atoms with Gasteiger partial charge in [0.15, 0.2) is 0 Å². The standard InChI is InChI=1S/C14H12BrClN2OS/c15-10-3-1-2-4-12(10)20-8-13-17-11-5-6-19-7-9(11)14(16)18-13/h1-4H,5-8H2. The lowest BCUT2D eigenvalue weighted by molar-refractivity contribution is 0.109. The summed E-state index contributed by atoms with van der Waals surface area (Å²) in [6.07, 6.45) is 0.810. The van der Waals surface area contributed by atoms with E-state index in [1.807, 2.05) is 18.2 Å². The van der Waals surface area contributed by atoms with Crippen LogP contribution in [0, 0.1) is 0 Å². The van der Waals surface area contributed by atoms with E-state index in [4.69, 9.17) is 16.3 Å². The van der Waals surface area contributed by atoms with E-state index < -0.39 is 0 Å². The summed E-state index contributed by atoms with van der Waals surface area (Å²) in [5.74, 6) is 1.48. The van der Waals surface area contributed by atoms with Crippen LogP contribution in [0.5, 0.6) is 0 Å². The number of rotatable bonds is 3. The lowest BCUT2D eigenvalue weighted by atomic mass is 10.1. The monoisotopic (exact) mass is 370 g/mol. The van der Waals surface area contributed by atoms with Crippen LogP contribution in [0.2, 0.25) is 5.15 Å². The first-order chi connectivity index (χ1) is 9.74. The Kier molecular flexibility index (Phi) is 4.61. The lowest BCUT2D eigenvalue weighted by Gasteiger charge is -2.17. The van der Waals surface area contributed by atoms with Crippen LogP contribution >= 0.6 is 39.3 Å². The van der Waals surface area contributed by atoms with Crippen LogP contribution in [0.1, 0.15) is 17.1 Å². The van der Waals surface area contributed by atoms with Crippen molar-refractivity contribution in [3.05, 3.63) is 51.0 Å². The van der Waals surface area contributed by atoms with Crippen molar-refractivity contribution in [3.8, 4) is 0 Å². The summed E-state index contributed by atoms with van der Waals surface area (Å²) in [5, 5.41) is 0.525. The number of thioether (sulfide) groups is 1. The molecule has 0 fully saturated rings. The van der Waals surface area contributed by atoms with Crippen LogP contribution in [0.15, 0.2) is 33.6 Å². The molecule has 0 N–H and O–H groups in total. The first-order valence-corrected chi connectivity index (χ1v) is 8.39. The third-order valence-corrected chi connectivity index (χ3v) is 5.35. The highest BCUT2D eigenvalue weighted by atomic mass is 79.9. The molecular formula is C14H12BrClN2OS. The number of hydrogen-bond acceptors (Lipinski definition) is 4. The van der Waals surface area contributed by atoms with E-state index in [-0.39, 0.29) is 0 Å². The van der Waals surface area contributed by atoms with Gasteiger partial charge in [-0.3, -0.25) is 0 Å². The summed E-state index contributed by atoms with van der Waals surface area (Å²) in [6.45, 7) is 1.23. The highest BCUT2D eigenvalue weighted by molar-refractivity contribution is 9.10. The van der Waals surface area contributed by atoms with Crippen molar-refractivity contribution < 1.29 is 4.74 Å². The molecule has 20 heavy (non-hydrogen) atoms. The summed E-state index contributed by atoms with van der Waals surface area (Å²) >= 11 is 11.4. The van der Waals surface area contributed by atoms with E-state index in [9.17, 15) is 0 Å². The zero-order chi connectivity index (χ0) is 13.9. The molecule has 0 amide bonds. The van der Waals surface area contributed by atoms with Crippen molar-refractivity contribution in [2.45, 2.75) is 23.7 Å². The molecule has 0 saturated carbocycles. The van der Waals surface area contributed by atoms with E-state index >= 15 is 0 Å². The Hall–Kier alpha value is -0.620. The lowest BCUT2D eigenvalue weighted by Crippen LogP contribution is -2.14. The molecular weight excluding hydrogens is 360 g/mol. The minimum Gasteiger partial charge on any atom is -0.376 e. The number of hydrogen-bond donors (Lipinski definition) is 0. The van der Waals surface area contributed by atoms with Crippen LogP contribution in [-0.2, 0) is 23.5 Å². The molecule has 0 unspecified atom stereocenters. The van der Waals surface area contributed by atoms with Gasteiger partial charge in [-0.2, -0.15) is 0 Å². The molecule has 2 heterocycles. The Bertz CT molecular complexity index is 639. The summed E-state index contributed by atoms with van der Waals surface area (Å²) in [7, 11) is 0. The second kappa shape index (κ2) is 6.43. The third kappa shape index (κ3) is 3.17. The quantitative estimate of drug-likeness (QED) is 0.596. The second-order valence-electron chi connectivity index (χ2n) is 4.38. The van der Waals surface area contributed by atoms with Crippen LogP contribution < -0.4 is 0 Å². The predicted molar refractivity (Wildman–Crippen MR) is 84.1 cm³/mol. The fraction of sp³-hybridized carbons (Fsp3) is 0.286. The average molecular weight is 372 g/mol. The fourth-order valence-electron chi connectivity index (χ4n) is 2.01. The van der Waals surface area contributed by atoms with Crippen molar-refractivity contribution >= 4 is 39.3 Å². The number of halogens is 2. The van der Waals surface area contributed by atoms with Gasteiger partial charge in [-0.25, -0.2) is 9.97 Å². The normalized spacial score (nSPS) is 14.1. The molecule has 1 aliphatic heterocycles. The van der Waals surface area contributed by atoms with Crippen LogP contribution in [0.3, 0.4) is 0 Å². The first kappa shape index (κ1) is 14.3. The molecule has 1 aromatic heterocycles. The minimum atomic E-state index is 0.520. The largest absolute Gasteiger partial charge is 0.376 e. The van der Waals surface area contributed by atoms with Gasteiger partial charge in [0.2, 0.25) is 0 Å². The molecule has 1 aliphatic rings. The highest BCUT2D eigenvalue weighted by Gasteiger charge is 2.17. The average Bonchev–Trinajstić information content (AvgIpc) is 2.46. The summed E-state index contributed by atoms with van der Waals surface area (Å²) < 4.78 is 6.47. The zero-order valence-electron chi connectivity index (χ0n) is 10.6. The van der Waals surface area contributed by atoms with E-state index in [0.29, 0.717) is 24.1 Å². The van der Waals surface area contributed by atoms with Gasteiger partial charge in [-0.1, -0.05) is 23.7 Å². The number of aromatic nitrogens is 2. The summed E-state index contributed by atoms with van der Waals surface area (Å²) in [6, 6.07) is 8.12. The molecule has 6 heteroatoms. The molecule has 3 rings (SSSR count). The van der Waals surface area contributed by atoms with Gasteiger partial charge in [0, 0.05) is 21.4 Å². The second-order valence-corrected chi connectivity index (χ2v) is 6.61. The Morgan fingerprint density at radius 1 is 1.30 bits per heavy atom. The highest BCUT2D eigenvalue weighted by Crippen LogP contribution is 2.30. The molecule has 1 aromatic carbocycles. The molecule has 2 aromatic rings. The van der Waals surface area contributed by atoms with Crippen molar-refractivity contribution in [2.75, 3.05) is 6.61 Å². The Labute approximate surface area is 135 Å². The molecule has 0 aliphatic carbocycles. The fourth-order valence-corrected chi connectivity index (χ4v) is 3.69.